The average Bonchev–Trinajstić information content (AvgIpc) is 2.20. The zero-order chi connectivity index (χ0) is 10.8. The molecule has 1 aliphatic rings. The van der Waals surface area contributed by atoms with Gasteiger partial charge in [0.05, 0.1) is 11.9 Å². The molecule has 1 saturated heterocycles. The fourth-order valence-electron chi connectivity index (χ4n) is 2.32. The minimum absolute atomic E-state index is 0.369. The molecule has 0 aliphatic carbocycles. The summed E-state index contributed by atoms with van der Waals surface area (Å²) in [6, 6.07) is 2.96. The van der Waals surface area contributed by atoms with Crippen molar-refractivity contribution >= 4 is 5.69 Å². The summed E-state index contributed by atoms with van der Waals surface area (Å²) in [4.78, 5) is 6.62. The van der Waals surface area contributed by atoms with Crippen LogP contribution in [0.4, 0.5) is 5.69 Å². The molecule has 82 valence electrons. The molecule has 3 nitrogen and oxygen atoms in total. The van der Waals surface area contributed by atoms with E-state index in [0.717, 1.165) is 19.4 Å². The lowest BCUT2D eigenvalue weighted by Gasteiger charge is -2.38. The van der Waals surface area contributed by atoms with Crippen LogP contribution in [0.5, 0.6) is 0 Å². The molecule has 2 unspecified atom stereocenters. The molecule has 2 atom stereocenters. The Kier molecular flexibility index (Phi) is 2.91. The number of aromatic nitrogens is 1. The first-order valence-electron chi connectivity index (χ1n) is 5.61. The number of piperidine rings is 1. The van der Waals surface area contributed by atoms with Gasteiger partial charge in [-0.25, -0.2) is 0 Å². The highest BCUT2D eigenvalue weighted by atomic mass is 15.2. The van der Waals surface area contributed by atoms with Gasteiger partial charge in [-0.15, -0.1) is 0 Å². The van der Waals surface area contributed by atoms with E-state index in [1.54, 1.807) is 0 Å². The second-order valence-corrected chi connectivity index (χ2v) is 4.49. The minimum Gasteiger partial charge on any atom is -0.367 e. The number of rotatable bonds is 1. The van der Waals surface area contributed by atoms with Crippen LogP contribution in [0, 0.1) is 6.92 Å². The number of anilines is 1. The quantitative estimate of drug-likeness (QED) is 0.759. The van der Waals surface area contributed by atoms with Gasteiger partial charge in [0.2, 0.25) is 0 Å². The summed E-state index contributed by atoms with van der Waals surface area (Å²) in [5.41, 5.74) is 8.52. The molecule has 1 aliphatic heterocycles. The van der Waals surface area contributed by atoms with Crippen LogP contribution in [0.2, 0.25) is 0 Å². The molecule has 0 amide bonds. The number of aryl methyl sites for hydroxylation is 1. The summed E-state index contributed by atoms with van der Waals surface area (Å²) >= 11 is 0. The molecule has 1 aromatic rings. The van der Waals surface area contributed by atoms with Crippen LogP contribution >= 0.6 is 0 Å². The van der Waals surface area contributed by atoms with Crippen molar-refractivity contribution in [2.75, 3.05) is 11.4 Å². The number of pyridine rings is 1. The van der Waals surface area contributed by atoms with Crippen molar-refractivity contribution in [2.45, 2.75) is 38.8 Å². The largest absolute Gasteiger partial charge is 0.367 e. The van der Waals surface area contributed by atoms with Gasteiger partial charge >= 0.3 is 0 Å². The fraction of sp³-hybridized carbons (Fsp3) is 0.583. The second-order valence-electron chi connectivity index (χ2n) is 4.49. The standard InChI is InChI=1S/C12H19N3/c1-9-3-5-14-8-12(9)15-6-4-11(13)7-10(15)2/h3,5,8,10-11H,4,6-7,13H2,1-2H3. The van der Waals surface area contributed by atoms with Gasteiger partial charge in [0.15, 0.2) is 0 Å². The topological polar surface area (TPSA) is 42.2 Å². The Hall–Kier alpha value is -1.09. The summed E-state index contributed by atoms with van der Waals surface area (Å²) in [5, 5.41) is 0. The number of hydrogen-bond donors (Lipinski definition) is 1. The third-order valence-electron chi connectivity index (χ3n) is 3.24. The molecule has 0 bridgehead atoms. The smallest absolute Gasteiger partial charge is 0.0584 e. The maximum atomic E-state index is 5.96. The zero-order valence-electron chi connectivity index (χ0n) is 9.48. The van der Waals surface area contributed by atoms with E-state index in [0.29, 0.717) is 12.1 Å². The van der Waals surface area contributed by atoms with Gasteiger partial charge in [-0.05, 0) is 38.3 Å². The molecule has 15 heavy (non-hydrogen) atoms. The highest BCUT2D eigenvalue weighted by Gasteiger charge is 2.24. The van der Waals surface area contributed by atoms with Crippen LogP contribution in [0.25, 0.3) is 0 Å². The van der Waals surface area contributed by atoms with E-state index in [9.17, 15) is 0 Å². The maximum absolute atomic E-state index is 5.96. The molecule has 0 spiro atoms. The van der Waals surface area contributed by atoms with E-state index >= 15 is 0 Å². The third kappa shape index (κ3) is 2.12. The Balaban J connectivity index is 2.20. The van der Waals surface area contributed by atoms with E-state index in [1.807, 2.05) is 12.4 Å². The van der Waals surface area contributed by atoms with Gasteiger partial charge in [0.1, 0.15) is 0 Å². The van der Waals surface area contributed by atoms with Crippen molar-refractivity contribution in [3.8, 4) is 0 Å². The molecular weight excluding hydrogens is 186 g/mol. The van der Waals surface area contributed by atoms with Crippen molar-refractivity contribution in [2.24, 2.45) is 5.73 Å². The summed E-state index contributed by atoms with van der Waals surface area (Å²) < 4.78 is 0. The Morgan fingerprint density at radius 2 is 2.33 bits per heavy atom. The molecule has 1 aromatic heterocycles. The minimum atomic E-state index is 0.369. The van der Waals surface area contributed by atoms with Gasteiger partial charge < -0.3 is 10.6 Å². The number of nitrogens with zero attached hydrogens (tertiary/aromatic N) is 2. The summed E-state index contributed by atoms with van der Waals surface area (Å²) in [7, 11) is 0. The normalized spacial score (nSPS) is 26.7. The van der Waals surface area contributed by atoms with Crippen LogP contribution in [-0.4, -0.2) is 23.6 Å². The lowest BCUT2D eigenvalue weighted by Crippen LogP contribution is -2.45. The zero-order valence-corrected chi connectivity index (χ0v) is 9.48. The maximum Gasteiger partial charge on any atom is 0.0584 e. The van der Waals surface area contributed by atoms with Crippen molar-refractivity contribution < 1.29 is 0 Å². The van der Waals surface area contributed by atoms with Crippen molar-refractivity contribution in [1.29, 1.82) is 0 Å². The molecule has 0 radical (unpaired) electrons. The first-order valence-corrected chi connectivity index (χ1v) is 5.61. The Bertz CT molecular complexity index is 337. The van der Waals surface area contributed by atoms with Gasteiger partial charge in [-0.2, -0.15) is 0 Å². The van der Waals surface area contributed by atoms with Gasteiger partial charge in [0, 0.05) is 24.8 Å². The van der Waals surface area contributed by atoms with Gasteiger partial charge in [0.25, 0.3) is 0 Å². The average molecular weight is 205 g/mol. The number of hydrogen-bond acceptors (Lipinski definition) is 3. The highest BCUT2D eigenvalue weighted by molar-refractivity contribution is 5.52. The molecule has 1 fully saturated rings. The molecule has 2 N–H and O–H groups in total. The summed E-state index contributed by atoms with van der Waals surface area (Å²) in [5.74, 6) is 0. The molecular formula is C12H19N3. The Morgan fingerprint density at radius 1 is 1.53 bits per heavy atom. The van der Waals surface area contributed by atoms with Gasteiger partial charge in [-0.3, -0.25) is 4.98 Å². The molecule has 0 aromatic carbocycles. The fourth-order valence-corrected chi connectivity index (χ4v) is 2.32. The van der Waals surface area contributed by atoms with E-state index < -0.39 is 0 Å². The summed E-state index contributed by atoms with van der Waals surface area (Å²) in [6.07, 6.45) is 5.97. The predicted molar refractivity (Wildman–Crippen MR) is 63.0 cm³/mol. The van der Waals surface area contributed by atoms with Crippen LogP contribution in [0.15, 0.2) is 18.5 Å². The molecule has 0 saturated carbocycles. The van der Waals surface area contributed by atoms with E-state index in [-0.39, 0.29) is 0 Å². The summed E-state index contributed by atoms with van der Waals surface area (Å²) in [6.45, 7) is 5.43. The highest BCUT2D eigenvalue weighted by Crippen LogP contribution is 2.25. The van der Waals surface area contributed by atoms with Crippen LogP contribution in [0.3, 0.4) is 0 Å². The van der Waals surface area contributed by atoms with E-state index in [2.05, 4.69) is 29.8 Å². The first-order chi connectivity index (χ1) is 7.18. The number of nitrogens with two attached hydrogens (primary N) is 1. The van der Waals surface area contributed by atoms with Crippen molar-refractivity contribution in [1.82, 2.24) is 4.98 Å². The monoisotopic (exact) mass is 205 g/mol. The predicted octanol–water partition coefficient (Wildman–Crippen LogP) is 1.71. The lowest BCUT2D eigenvalue weighted by atomic mass is 9.98. The first kappa shape index (κ1) is 10.4. The van der Waals surface area contributed by atoms with Crippen LogP contribution < -0.4 is 10.6 Å². The van der Waals surface area contributed by atoms with Crippen LogP contribution in [-0.2, 0) is 0 Å². The van der Waals surface area contributed by atoms with Crippen molar-refractivity contribution in [3.63, 3.8) is 0 Å². The molecule has 2 heterocycles. The Morgan fingerprint density at radius 3 is 3.00 bits per heavy atom. The van der Waals surface area contributed by atoms with E-state index in [4.69, 9.17) is 5.73 Å². The third-order valence-corrected chi connectivity index (χ3v) is 3.24. The molecule has 2 rings (SSSR count). The van der Waals surface area contributed by atoms with Gasteiger partial charge in [-0.1, -0.05) is 0 Å². The lowest BCUT2D eigenvalue weighted by molar-refractivity contribution is 0.429. The van der Waals surface area contributed by atoms with Crippen LogP contribution in [0.1, 0.15) is 25.3 Å². The second kappa shape index (κ2) is 4.19. The van der Waals surface area contributed by atoms with Crippen molar-refractivity contribution in [3.05, 3.63) is 24.0 Å². The van der Waals surface area contributed by atoms with E-state index in [1.165, 1.54) is 11.3 Å². The molecule has 3 heteroatoms. The Labute approximate surface area is 91.3 Å². The SMILES string of the molecule is Cc1ccncc1N1CCC(N)CC1C.